The largest absolute Gasteiger partial charge is 0.377 e. The van der Waals surface area contributed by atoms with Crippen molar-refractivity contribution in [1.29, 1.82) is 0 Å². The Kier molecular flexibility index (Phi) is 4.98. The lowest BCUT2D eigenvalue weighted by Crippen LogP contribution is -2.46. The number of allylic oxidation sites excluding steroid dienone is 1. The summed E-state index contributed by atoms with van der Waals surface area (Å²) in [6.07, 6.45) is 3.64. The number of nitrogens with one attached hydrogen (secondary N) is 1. The van der Waals surface area contributed by atoms with Gasteiger partial charge in [0.1, 0.15) is 5.82 Å². The molecule has 0 saturated carbocycles. The minimum atomic E-state index is 0.190. The topological polar surface area (TPSA) is 74.9 Å². The SMILES string of the molecule is CN=C(C=C(NO)N1CCOC[C@H]1C)c1c(C)cnn1C. The highest BCUT2D eigenvalue weighted by Gasteiger charge is 2.22. The minimum absolute atomic E-state index is 0.190. The maximum Gasteiger partial charge on any atom is 0.128 e. The van der Waals surface area contributed by atoms with Gasteiger partial charge in [0, 0.05) is 26.7 Å². The fraction of sp³-hybridized carbons (Fsp3) is 0.571. The van der Waals surface area contributed by atoms with E-state index in [4.69, 9.17) is 4.74 Å². The predicted octanol–water partition coefficient (Wildman–Crippen LogP) is 0.688. The fourth-order valence-corrected chi connectivity index (χ4v) is 2.55. The fourth-order valence-electron chi connectivity index (χ4n) is 2.55. The first-order valence-corrected chi connectivity index (χ1v) is 7.00. The third-order valence-electron chi connectivity index (χ3n) is 3.67. The number of aliphatic imine (C=N–C) groups is 1. The number of ether oxygens (including phenoxy) is 1. The minimum Gasteiger partial charge on any atom is -0.377 e. The summed E-state index contributed by atoms with van der Waals surface area (Å²) in [4.78, 5) is 6.40. The van der Waals surface area contributed by atoms with E-state index in [1.165, 1.54) is 0 Å². The number of hydroxylamine groups is 1. The van der Waals surface area contributed by atoms with E-state index in [0.717, 1.165) is 23.5 Å². The smallest absolute Gasteiger partial charge is 0.128 e. The van der Waals surface area contributed by atoms with Crippen LogP contribution in [0, 0.1) is 6.92 Å². The van der Waals surface area contributed by atoms with Gasteiger partial charge in [0.15, 0.2) is 0 Å². The summed E-state index contributed by atoms with van der Waals surface area (Å²) in [7, 11) is 3.61. The molecular weight excluding hydrogens is 270 g/mol. The average molecular weight is 293 g/mol. The Hall–Kier alpha value is -1.86. The standard InChI is InChI=1S/C14H23N5O2/c1-10-8-16-18(4)14(10)12(15-3)7-13(17-20)19-5-6-21-9-11(19)2/h7-8,11,17,20H,5-6,9H2,1-4H3/t11-/m1/s1. The van der Waals surface area contributed by atoms with E-state index in [2.05, 4.69) is 27.4 Å². The molecule has 0 amide bonds. The number of aryl methyl sites for hydroxylation is 2. The highest BCUT2D eigenvalue weighted by Crippen LogP contribution is 2.15. The molecule has 2 N–H and O–H groups in total. The number of rotatable bonds is 4. The van der Waals surface area contributed by atoms with Gasteiger partial charge in [-0.05, 0) is 19.4 Å². The molecule has 1 aliphatic heterocycles. The first-order valence-electron chi connectivity index (χ1n) is 7.00. The van der Waals surface area contributed by atoms with Gasteiger partial charge < -0.3 is 9.64 Å². The zero-order chi connectivity index (χ0) is 15.4. The van der Waals surface area contributed by atoms with E-state index < -0.39 is 0 Å². The molecule has 7 nitrogen and oxygen atoms in total. The molecule has 1 saturated heterocycles. The lowest BCUT2D eigenvalue weighted by atomic mass is 10.1. The monoisotopic (exact) mass is 293 g/mol. The zero-order valence-electron chi connectivity index (χ0n) is 13.0. The van der Waals surface area contributed by atoms with Gasteiger partial charge >= 0.3 is 0 Å². The van der Waals surface area contributed by atoms with Gasteiger partial charge in [-0.2, -0.15) is 5.10 Å². The summed E-state index contributed by atoms with van der Waals surface area (Å²) < 4.78 is 7.21. The Morgan fingerprint density at radius 3 is 2.90 bits per heavy atom. The van der Waals surface area contributed by atoms with Gasteiger partial charge in [-0.1, -0.05) is 0 Å². The third-order valence-corrected chi connectivity index (χ3v) is 3.67. The number of morpholine rings is 1. The molecule has 0 aliphatic carbocycles. The molecule has 0 spiro atoms. The predicted molar refractivity (Wildman–Crippen MR) is 80.4 cm³/mol. The van der Waals surface area contributed by atoms with Gasteiger partial charge in [-0.15, -0.1) is 0 Å². The molecule has 2 heterocycles. The second kappa shape index (κ2) is 6.73. The van der Waals surface area contributed by atoms with Crippen molar-refractivity contribution in [2.24, 2.45) is 12.0 Å². The summed E-state index contributed by atoms with van der Waals surface area (Å²) >= 11 is 0. The van der Waals surface area contributed by atoms with Crippen LogP contribution in [-0.2, 0) is 11.8 Å². The number of nitrogens with zero attached hydrogens (tertiary/aromatic N) is 4. The van der Waals surface area contributed by atoms with E-state index in [9.17, 15) is 5.21 Å². The maximum absolute atomic E-state index is 9.50. The molecule has 0 radical (unpaired) electrons. The molecule has 1 atom stereocenters. The van der Waals surface area contributed by atoms with Crippen LogP contribution in [-0.4, -0.2) is 58.4 Å². The van der Waals surface area contributed by atoms with E-state index in [1.807, 2.05) is 20.0 Å². The van der Waals surface area contributed by atoms with E-state index >= 15 is 0 Å². The molecule has 1 fully saturated rings. The molecule has 0 aromatic carbocycles. The summed E-state index contributed by atoms with van der Waals surface area (Å²) in [5.74, 6) is 0.618. The van der Waals surface area contributed by atoms with Crippen LogP contribution < -0.4 is 5.48 Å². The van der Waals surface area contributed by atoms with Crippen LogP contribution in [0.25, 0.3) is 0 Å². The van der Waals surface area contributed by atoms with Gasteiger partial charge in [0.2, 0.25) is 0 Å². The van der Waals surface area contributed by atoms with Gasteiger partial charge in [0.05, 0.1) is 36.9 Å². The Morgan fingerprint density at radius 1 is 1.62 bits per heavy atom. The second-order valence-corrected chi connectivity index (χ2v) is 5.17. The first kappa shape index (κ1) is 15.5. The number of hydrogen-bond donors (Lipinski definition) is 2. The molecule has 0 bridgehead atoms. The molecule has 1 aromatic heterocycles. The van der Waals surface area contributed by atoms with Crippen molar-refractivity contribution >= 4 is 5.71 Å². The van der Waals surface area contributed by atoms with Crippen molar-refractivity contribution in [3.63, 3.8) is 0 Å². The van der Waals surface area contributed by atoms with E-state index in [-0.39, 0.29) is 6.04 Å². The van der Waals surface area contributed by atoms with Gasteiger partial charge in [0.25, 0.3) is 0 Å². The Bertz CT molecular complexity index is 530. The average Bonchev–Trinajstić information content (AvgIpc) is 2.81. The van der Waals surface area contributed by atoms with Crippen molar-refractivity contribution in [2.45, 2.75) is 19.9 Å². The molecule has 0 unspecified atom stereocenters. The third kappa shape index (κ3) is 3.25. The quantitative estimate of drug-likeness (QED) is 0.631. The molecule has 116 valence electrons. The summed E-state index contributed by atoms with van der Waals surface area (Å²) in [6, 6.07) is 0.190. The van der Waals surface area contributed by atoms with Crippen LogP contribution in [0.15, 0.2) is 23.1 Å². The van der Waals surface area contributed by atoms with Crippen molar-refractivity contribution in [3.8, 4) is 0 Å². The highest BCUT2D eigenvalue weighted by molar-refractivity contribution is 6.08. The van der Waals surface area contributed by atoms with Gasteiger partial charge in [-0.25, -0.2) is 0 Å². The molecule has 1 aromatic rings. The Balaban J connectivity index is 2.33. The first-order chi connectivity index (χ1) is 10.1. The van der Waals surface area contributed by atoms with Crippen LogP contribution in [0.2, 0.25) is 0 Å². The summed E-state index contributed by atoms with van der Waals surface area (Å²) in [5.41, 5.74) is 5.03. The van der Waals surface area contributed by atoms with Crippen molar-refractivity contribution < 1.29 is 9.94 Å². The van der Waals surface area contributed by atoms with E-state index in [1.54, 1.807) is 17.9 Å². The van der Waals surface area contributed by atoms with E-state index in [0.29, 0.717) is 19.0 Å². The summed E-state index contributed by atoms with van der Waals surface area (Å²) in [6.45, 7) is 6.06. The van der Waals surface area contributed by atoms with Crippen LogP contribution in [0.5, 0.6) is 0 Å². The van der Waals surface area contributed by atoms with Crippen LogP contribution in [0.3, 0.4) is 0 Å². The Labute approximate surface area is 124 Å². The number of aromatic nitrogens is 2. The normalized spacial score (nSPS) is 20.8. The van der Waals surface area contributed by atoms with Crippen molar-refractivity contribution in [2.75, 3.05) is 26.8 Å². The van der Waals surface area contributed by atoms with Crippen LogP contribution >= 0.6 is 0 Å². The Morgan fingerprint density at radius 2 is 2.38 bits per heavy atom. The van der Waals surface area contributed by atoms with Crippen LogP contribution in [0.4, 0.5) is 0 Å². The maximum atomic E-state index is 9.50. The zero-order valence-corrected chi connectivity index (χ0v) is 13.0. The lowest BCUT2D eigenvalue weighted by Gasteiger charge is -2.36. The molecular formula is C14H23N5O2. The van der Waals surface area contributed by atoms with Gasteiger partial charge in [-0.3, -0.25) is 20.4 Å². The lowest BCUT2D eigenvalue weighted by molar-refractivity contribution is 0.00126. The molecule has 7 heteroatoms. The van der Waals surface area contributed by atoms with Crippen molar-refractivity contribution in [3.05, 3.63) is 29.4 Å². The van der Waals surface area contributed by atoms with Crippen LogP contribution in [0.1, 0.15) is 18.2 Å². The molecule has 2 rings (SSSR count). The summed E-state index contributed by atoms with van der Waals surface area (Å²) in [5, 5.41) is 13.7. The molecule has 21 heavy (non-hydrogen) atoms. The highest BCUT2D eigenvalue weighted by atomic mass is 16.5. The second-order valence-electron chi connectivity index (χ2n) is 5.17. The van der Waals surface area contributed by atoms with Crippen molar-refractivity contribution in [1.82, 2.24) is 20.2 Å². The number of hydrogen-bond acceptors (Lipinski definition) is 6. The molecule has 1 aliphatic rings.